The van der Waals surface area contributed by atoms with E-state index in [0.717, 1.165) is 16.9 Å². The molecule has 3 aromatic rings. The standard InChI is InChI=1S/C16H17N3O3S2/c1-11(2)12-5-7-13(8-6-12)16-18-14(22-19-16)10-17-24(20,21)15-4-3-9-23-15/h3-9,11,17H,10H2,1-2H3. The van der Waals surface area contributed by atoms with Gasteiger partial charge in [-0.1, -0.05) is 49.3 Å². The van der Waals surface area contributed by atoms with E-state index < -0.39 is 10.0 Å². The fourth-order valence-electron chi connectivity index (χ4n) is 2.11. The molecule has 0 aliphatic rings. The van der Waals surface area contributed by atoms with Crippen molar-refractivity contribution in [2.24, 2.45) is 0 Å². The molecule has 0 fully saturated rings. The molecule has 1 N–H and O–H groups in total. The Hall–Kier alpha value is -2.03. The Morgan fingerprint density at radius 3 is 2.58 bits per heavy atom. The number of nitrogens with one attached hydrogen (secondary N) is 1. The fraction of sp³-hybridized carbons (Fsp3) is 0.250. The summed E-state index contributed by atoms with van der Waals surface area (Å²) in [6, 6.07) is 11.1. The van der Waals surface area contributed by atoms with Crippen molar-refractivity contribution in [1.29, 1.82) is 0 Å². The van der Waals surface area contributed by atoms with Gasteiger partial charge in [-0.05, 0) is 22.9 Å². The molecule has 3 rings (SSSR count). The summed E-state index contributed by atoms with van der Waals surface area (Å²) < 4.78 is 31.9. The van der Waals surface area contributed by atoms with Crippen molar-refractivity contribution in [2.45, 2.75) is 30.5 Å². The van der Waals surface area contributed by atoms with Gasteiger partial charge >= 0.3 is 0 Å². The van der Waals surface area contributed by atoms with Gasteiger partial charge in [0.1, 0.15) is 4.21 Å². The Labute approximate surface area is 144 Å². The van der Waals surface area contributed by atoms with Gasteiger partial charge in [0.05, 0.1) is 6.54 Å². The Bertz CT molecular complexity index is 898. The Morgan fingerprint density at radius 2 is 1.96 bits per heavy atom. The average molecular weight is 363 g/mol. The lowest BCUT2D eigenvalue weighted by molar-refractivity contribution is 0.376. The molecule has 0 aliphatic carbocycles. The van der Waals surface area contributed by atoms with Crippen molar-refractivity contribution in [1.82, 2.24) is 14.9 Å². The van der Waals surface area contributed by atoms with Crippen molar-refractivity contribution in [2.75, 3.05) is 0 Å². The van der Waals surface area contributed by atoms with E-state index in [9.17, 15) is 8.42 Å². The summed E-state index contributed by atoms with van der Waals surface area (Å²) >= 11 is 1.15. The van der Waals surface area contributed by atoms with Gasteiger partial charge in [0, 0.05) is 5.56 Å². The molecule has 0 aliphatic heterocycles. The molecule has 0 bridgehead atoms. The summed E-state index contributed by atoms with van der Waals surface area (Å²) in [5.74, 6) is 1.11. The number of aromatic nitrogens is 2. The highest BCUT2D eigenvalue weighted by atomic mass is 32.2. The van der Waals surface area contributed by atoms with Gasteiger partial charge in [-0.2, -0.15) is 4.98 Å². The topological polar surface area (TPSA) is 85.1 Å². The highest BCUT2D eigenvalue weighted by Gasteiger charge is 2.17. The van der Waals surface area contributed by atoms with Crippen LogP contribution in [0, 0.1) is 0 Å². The maximum Gasteiger partial charge on any atom is 0.250 e. The molecule has 126 valence electrons. The molecule has 0 atom stereocenters. The minimum atomic E-state index is -3.54. The van der Waals surface area contributed by atoms with Crippen LogP contribution in [0.4, 0.5) is 0 Å². The summed E-state index contributed by atoms with van der Waals surface area (Å²) in [6.07, 6.45) is 0. The molecular formula is C16H17N3O3S2. The third-order valence-electron chi connectivity index (χ3n) is 3.48. The fourth-order valence-corrected chi connectivity index (χ4v) is 4.12. The van der Waals surface area contributed by atoms with Crippen LogP contribution < -0.4 is 4.72 Å². The largest absolute Gasteiger partial charge is 0.338 e. The Morgan fingerprint density at radius 1 is 1.21 bits per heavy atom. The summed E-state index contributed by atoms with van der Waals surface area (Å²) in [5, 5.41) is 5.61. The molecule has 0 radical (unpaired) electrons. The van der Waals surface area contributed by atoms with Crippen LogP contribution in [0.5, 0.6) is 0 Å². The lowest BCUT2D eigenvalue weighted by Crippen LogP contribution is -2.22. The second-order valence-electron chi connectivity index (χ2n) is 5.55. The molecule has 0 amide bonds. The highest BCUT2D eigenvalue weighted by Crippen LogP contribution is 2.21. The molecule has 0 saturated carbocycles. The lowest BCUT2D eigenvalue weighted by atomic mass is 10.0. The van der Waals surface area contributed by atoms with Crippen LogP contribution in [0.3, 0.4) is 0 Å². The highest BCUT2D eigenvalue weighted by molar-refractivity contribution is 7.91. The van der Waals surface area contributed by atoms with Crippen LogP contribution >= 0.6 is 11.3 Å². The lowest BCUT2D eigenvalue weighted by Gasteiger charge is -2.04. The molecule has 2 heterocycles. The summed E-state index contributed by atoms with van der Waals surface area (Å²) in [6.45, 7) is 4.21. The second-order valence-corrected chi connectivity index (χ2v) is 8.49. The van der Waals surface area contributed by atoms with Crippen LogP contribution in [0.2, 0.25) is 0 Å². The van der Waals surface area contributed by atoms with Crippen LogP contribution in [0.1, 0.15) is 31.2 Å². The van der Waals surface area contributed by atoms with Crippen molar-refractivity contribution < 1.29 is 12.9 Å². The first-order valence-electron chi connectivity index (χ1n) is 7.42. The van der Waals surface area contributed by atoms with Crippen LogP contribution in [-0.2, 0) is 16.6 Å². The van der Waals surface area contributed by atoms with Crippen molar-refractivity contribution in [3.8, 4) is 11.4 Å². The molecule has 1 aromatic carbocycles. The van der Waals surface area contributed by atoms with E-state index in [2.05, 4.69) is 28.7 Å². The smallest absolute Gasteiger partial charge is 0.250 e. The van der Waals surface area contributed by atoms with E-state index in [1.807, 2.05) is 24.3 Å². The first kappa shape index (κ1) is 16.8. The zero-order chi connectivity index (χ0) is 17.2. The van der Waals surface area contributed by atoms with Gasteiger partial charge in [0.2, 0.25) is 11.7 Å². The molecule has 8 heteroatoms. The maximum atomic E-state index is 12.1. The van der Waals surface area contributed by atoms with Crippen molar-refractivity contribution in [3.05, 3.63) is 53.2 Å². The predicted molar refractivity (Wildman–Crippen MR) is 92.2 cm³/mol. The summed E-state index contributed by atoms with van der Waals surface area (Å²) in [7, 11) is -3.54. The van der Waals surface area contributed by atoms with E-state index in [4.69, 9.17) is 4.52 Å². The molecule has 24 heavy (non-hydrogen) atoms. The average Bonchev–Trinajstić information content (AvgIpc) is 3.25. The number of sulfonamides is 1. The first-order valence-corrected chi connectivity index (χ1v) is 9.78. The SMILES string of the molecule is CC(C)c1ccc(-c2noc(CNS(=O)(=O)c3cccs3)n2)cc1. The zero-order valence-corrected chi connectivity index (χ0v) is 14.9. The van der Waals surface area contributed by atoms with Crippen molar-refractivity contribution in [3.63, 3.8) is 0 Å². The van der Waals surface area contributed by atoms with E-state index in [-0.39, 0.29) is 16.6 Å². The summed E-state index contributed by atoms with van der Waals surface area (Å²) in [4.78, 5) is 4.24. The molecule has 0 spiro atoms. The Kier molecular flexibility index (Phi) is 4.79. The minimum Gasteiger partial charge on any atom is -0.338 e. The molecule has 0 unspecified atom stereocenters. The monoisotopic (exact) mass is 363 g/mol. The Balaban J connectivity index is 1.70. The van der Waals surface area contributed by atoms with Crippen LogP contribution in [0.25, 0.3) is 11.4 Å². The second kappa shape index (κ2) is 6.84. The molecule has 6 nitrogen and oxygen atoms in total. The summed E-state index contributed by atoms with van der Waals surface area (Å²) in [5.41, 5.74) is 2.06. The van der Waals surface area contributed by atoms with E-state index in [1.165, 1.54) is 5.56 Å². The molecular weight excluding hydrogens is 346 g/mol. The zero-order valence-electron chi connectivity index (χ0n) is 13.3. The molecule has 0 saturated heterocycles. The van der Waals surface area contributed by atoms with E-state index >= 15 is 0 Å². The van der Waals surface area contributed by atoms with Crippen LogP contribution in [-0.4, -0.2) is 18.6 Å². The first-order chi connectivity index (χ1) is 11.5. The van der Waals surface area contributed by atoms with Gasteiger partial charge in [-0.25, -0.2) is 13.1 Å². The quantitative estimate of drug-likeness (QED) is 0.725. The van der Waals surface area contributed by atoms with Gasteiger partial charge < -0.3 is 4.52 Å². The predicted octanol–water partition coefficient (Wildman–Crippen LogP) is 3.40. The van der Waals surface area contributed by atoms with Crippen molar-refractivity contribution >= 4 is 21.4 Å². The third kappa shape index (κ3) is 3.72. The number of rotatable bonds is 6. The number of hydrogen-bond acceptors (Lipinski definition) is 6. The number of nitrogens with zero attached hydrogens (tertiary/aromatic N) is 2. The number of benzene rings is 1. The van der Waals surface area contributed by atoms with E-state index in [0.29, 0.717) is 11.7 Å². The van der Waals surface area contributed by atoms with Gasteiger partial charge in [-0.3, -0.25) is 0 Å². The minimum absolute atomic E-state index is 0.0443. The third-order valence-corrected chi connectivity index (χ3v) is 6.28. The number of hydrogen-bond donors (Lipinski definition) is 1. The molecule has 2 aromatic heterocycles. The maximum absolute atomic E-state index is 12.1. The number of thiophene rings is 1. The van der Waals surface area contributed by atoms with E-state index in [1.54, 1.807) is 17.5 Å². The normalized spacial score (nSPS) is 12.0. The van der Waals surface area contributed by atoms with Crippen LogP contribution in [0.15, 0.2) is 50.5 Å². The van der Waals surface area contributed by atoms with Gasteiger partial charge in [0.25, 0.3) is 10.0 Å². The van der Waals surface area contributed by atoms with Gasteiger partial charge in [-0.15, -0.1) is 11.3 Å². The van der Waals surface area contributed by atoms with Gasteiger partial charge in [0.15, 0.2) is 0 Å².